The van der Waals surface area contributed by atoms with E-state index in [4.69, 9.17) is 44.3 Å². The van der Waals surface area contributed by atoms with E-state index in [1.165, 1.54) is 11.8 Å². The fraction of sp³-hybridized carbons (Fsp3) is 0.257. The van der Waals surface area contributed by atoms with Crippen molar-refractivity contribution >= 4 is 52.5 Å². The van der Waals surface area contributed by atoms with Gasteiger partial charge in [0.1, 0.15) is 5.75 Å². The number of aromatic nitrogens is 4. The van der Waals surface area contributed by atoms with Crippen molar-refractivity contribution in [1.29, 1.82) is 0 Å². The third-order valence-electron chi connectivity index (χ3n) is 8.19. The summed E-state index contributed by atoms with van der Waals surface area (Å²) in [6.07, 6.45) is -1.19. The molecule has 0 aliphatic carbocycles. The van der Waals surface area contributed by atoms with E-state index in [1.54, 1.807) is 28.9 Å². The number of rotatable bonds is 10. The summed E-state index contributed by atoms with van der Waals surface area (Å²) in [7, 11) is 0. The van der Waals surface area contributed by atoms with Crippen LogP contribution in [0.25, 0.3) is 16.8 Å². The molecule has 4 unspecified atom stereocenters. The largest absolute Gasteiger partial charge is 0.508 e. The first-order valence-electron chi connectivity index (χ1n) is 15.3. The lowest BCUT2D eigenvalue weighted by Crippen LogP contribution is -2.38. The van der Waals surface area contributed by atoms with E-state index in [0.717, 1.165) is 39.1 Å². The number of tetrazole rings is 1. The Kier molecular flexibility index (Phi) is 11.1. The van der Waals surface area contributed by atoms with E-state index in [-0.39, 0.29) is 37.0 Å². The first-order valence-corrected chi connectivity index (χ1v) is 17.5. The molecular formula is C35H32Cl3N5O5S. The minimum absolute atomic E-state index is 0.0363. The highest BCUT2D eigenvalue weighted by atomic mass is 35.6. The Morgan fingerprint density at radius 3 is 2.33 bits per heavy atom. The van der Waals surface area contributed by atoms with Crippen LogP contribution in [-0.2, 0) is 27.4 Å². The van der Waals surface area contributed by atoms with Crippen molar-refractivity contribution in [1.82, 2.24) is 25.5 Å². The Bertz CT molecular complexity index is 1870. The van der Waals surface area contributed by atoms with Gasteiger partial charge in [-0.25, -0.2) is 0 Å². The molecule has 1 aliphatic rings. The highest BCUT2D eigenvalue weighted by Gasteiger charge is 2.38. The third kappa shape index (κ3) is 8.56. The number of carbonyl (C=O) groups excluding carboxylic acids is 1. The number of ether oxygens (including phenoxy) is 2. The number of phenols is 1. The molecule has 14 heteroatoms. The summed E-state index contributed by atoms with van der Waals surface area (Å²) in [6, 6.07) is 30.1. The van der Waals surface area contributed by atoms with E-state index >= 15 is 0 Å². The van der Waals surface area contributed by atoms with Gasteiger partial charge in [-0.05, 0) is 68.6 Å². The lowest BCUT2D eigenvalue weighted by Gasteiger charge is -2.41. The lowest BCUT2D eigenvalue weighted by atomic mass is 9.91. The normalized spacial score (nSPS) is 19.4. The monoisotopic (exact) mass is 739 g/mol. The lowest BCUT2D eigenvalue weighted by molar-refractivity contribution is -0.268. The summed E-state index contributed by atoms with van der Waals surface area (Å²) in [4.78, 5) is 12.0. The molecule has 2 heterocycles. The molecule has 0 bridgehead atoms. The predicted octanol–water partition coefficient (Wildman–Crippen LogP) is 7.10. The van der Waals surface area contributed by atoms with Gasteiger partial charge in [0.15, 0.2) is 6.29 Å². The summed E-state index contributed by atoms with van der Waals surface area (Å²) in [6.45, 7) is 2.27. The number of aromatic hydroxyl groups is 1. The Balaban J connectivity index is 1.21. The number of thioether (sulfide) groups is 1. The first-order chi connectivity index (χ1) is 23.6. The maximum absolute atomic E-state index is 12.0. The number of benzene rings is 4. The zero-order valence-corrected chi connectivity index (χ0v) is 29.2. The molecule has 254 valence electrons. The van der Waals surface area contributed by atoms with E-state index in [9.17, 15) is 15.0 Å². The summed E-state index contributed by atoms with van der Waals surface area (Å²) in [5, 5.41) is 34.7. The molecule has 10 nitrogen and oxygen atoms in total. The summed E-state index contributed by atoms with van der Waals surface area (Å²) in [5.41, 5.74) is 6.15. The van der Waals surface area contributed by atoms with E-state index < -0.39 is 16.0 Å². The molecule has 0 saturated carbocycles. The smallest absolute Gasteiger partial charge is 0.272 e. The molecule has 1 aliphatic heterocycles. The second kappa shape index (κ2) is 15.5. The fourth-order valence-corrected chi connectivity index (χ4v) is 6.72. The maximum Gasteiger partial charge on any atom is 0.272 e. The molecule has 3 N–H and O–H groups in total. The SMILES string of the molecule is CC1C(CSc2nnnn2-c2ccc(O)cc2)OC(c2ccc(-c3cccc(CNC(=O)C(Cl)(Cl)Cl)c3)cc2)OC1c1ccc(CO)cc1. The average molecular weight is 741 g/mol. The van der Waals surface area contributed by atoms with Crippen LogP contribution in [0.5, 0.6) is 5.75 Å². The van der Waals surface area contributed by atoms with Crippen molar-refractivity contribution in [3.05, 3.63) is 119 Å². The van der Waals surface area contributed by atoms with Gasteiger partial charge in [0.05, 0.1) is 24.5 Å². The second-order valence-electron chi connectivity index (χ2n) is 11.5. The number of hydrogen-bond donors (Lipinski definition) is 3. The third-order valence-corrected chi connectivity index (χ3v) is 9.71. The number of hydrogen-bond acceptors (Lipinski definition) is 9. The molecule has 1 saturated heterocycles. The number of phenolic OH excluding ortho intramolecular Hbond substituents is 1. The molecule has 6 rings (SSSR count). The molecule has 5 aromatic rings. The number of halogens is 3. The van der Waals surface area contributed by atoms with Gasteiger partial charge in [-0.3, -0.25) is 4.79 Å². The number of aliphatic hydroxyl groups is 1. The van der Waals surface area contributed by atoms with Crippen LogP contribution in [-0.4, -0.2) is 52.0 Å². The number of aliphatic hydroxyl groups excluding tert-OH is 1. The maximum atomic E-state index is 12.0. The van der Waals surface area contributed by atoms with Crippen molar-refractivity contribution in [2.45, 2.75) is 47.5 Å². The van der Waals surface area contributed by atoms with Gasteiger partial charge in [-0.1, -0.05) is 120 Å². The van der Waals surface area contributed by atoms with Crippen molar-refractivity contribution < 1.29 is 24.5 Å². The number of alkyl halides is 3. The Labute approximate surface area is 302 Å². The topological polar surface area (TPSA) is 132 Å². The van der Waals surface area contributed by atoms with Crippen LogP contribution in [0.3, 0.4) is 0 Å². The summed E-state index contributed by atoms with van der Waals surface area (Å²) in [5.74, 6) is -0.0235. The van der Waals surface area contributed by atoms with E-state index in [0.29, 0.717) is 10.9 Å². The molecular weight excluding hydrogens is 709 g/mol. The standard InChI is InChI=1S/C35H32Cl3N5O5S/c1-21-30(20-49-34-40-41-42-43(34)28-13-15-29(45)16-14-28)47-32(48-31(21)25-7-5-22(19-44)6-8-25)26-11-9-24(10-12-26)27-4-2-3-23(17-27)18-39-33(46)35(36,37)38/h2-17,21,30-32,44-45H,18-20H2,1H3,(H,39,46). The fourth-order valence-electron chi connectivity index (χ4n) is 5.47. The highest BCUT2D eigenvalue weighted by Crippen LogP contribution is 2.43. The van der Waals surface area contributed by atoms with E-state index in [2.05, 4.69) is 27.8 Å². The zero-order chi connectivity index (χ0) is 34.5. The van der Waals surface area contributed by atoms with Gasteiger partial charge in [-0.15, -0.1) is 5.10 Å². The van der Waals surface area contributed by atoms with Crippen LogP contribution < -0.4 is 5.32 Å². The predicted molar refractivity (Wildman–Crippen MR) is 189 cm³/mol. The quantitative estimate of drug-likeness (QED) is 0.101. The van der Waals surface area contributed by atoms with Crippen molar-refractivity contribution in [3.63, 3.8) is 0 Å². The minimum Gasteiger partial charge on any atom is -0.508 e. The van der Waals surface area contributed by atoms with Crippen LogP contribution in [0.15, 0.2) is 102 Å². The van der Waals surface area contributed by atoms with E-state index in [1.807, 2.05) is 72.8 Å². The summed E-state index contributed by atoms with van der Waals surface area (Å²) < 4.78 is 12.8. The van der Waals surface area contributed by atoms with Gasteiger partial charge in [0.25, 0.3) is 9.70 Å². The first kappa shape index (κ1) is 35.2. The Hall–Kier alpha value is -3.68. The molecule has 4 atom stereocenters. The number of nitrogens with zero attached hydrogens (tertiary/aromatic N) is 4. The second-order valence-corrected chi connectivity index (χ2v) is 14.8. The highest BCUT2D eigenvalue weighted by molar-refractivity contribution is 7.99. The molecule has 49 heavy (non-hydrogen) atoms. The Morgan fingerprint density at radius 2 is 1.63 bits per heavy atom. The number of carbonyl (C=O) groups is 1. The van der Waals surface area contributed by atoms with Crippen LogP contribution in [0.2, 0.25) is 0 Å². The number of nitrogens with one attached hydrogen (secondary N) is 1. The van der Waals surface area contributed by atoms with Gasteiger partial charge in [-0.2, -0.15) is 4.68 Å². The van der Waals surface area contributed by atoms with Gasteiger partial charge in [0.2, 0.25) is 5.16 Å². The molecule has 1 fully saturated rings. The van der Waals surface area contributed by atoms with Gasteiger partial charge < -0.3 is 25.0 Å². The molecule has 1 amide bonds. The van der Waals surface area contributed by atoms with Crippen molar-refractivity contribution in [3.8, 4) is 22.6 Å². The van der Waals surface area contributed by atoms with Gasteiger partial charge >= 0.3 is 0 Å². The van der Waals surface area contributed by atoms with Crippen LogP contribution in [0, 0.1) is 5.92 Å². The van der Waals surface area contributed by atoms with Crippen LogP contribution >= 0.6 is 46.6 Å². The molecule has 4 aromatic carbocycles. The average Bonchev–Trinajstić information content (AvgIpc) is 3.59. The van der Waals surface area contributed by atoms with Crippen molar-refractivity contribution in [2.75, 3.05) is 5.75 Å². The summed E-state index contributed by atoms with van der Waals surface area (Å²) >= 11 is 18.5. The number of amides is 1. The van der Waals surface area contributed by atoms with Crippen LogP contribution in [0.1, 0.15) is 41.6 Å². The molecule has 0 radical (unpaired) electrons. The van der Waals surface area contributed by atoms with Crippen LogP contribution in [0.4, 0.5) is 0 Å². The minimum atomic E-state index is -2.03. The Morgan fingerprint density at radius 1 is 0.918 bits per heavy atom. The molecule has 0 spiro atoms. The molecule has 1 aromatic heterocycles. The van der Waals surface area contributed by atoms with Gasteiger partial charge in [0, 0.05) is 23.8 Å². The zero-order valence-electron chi connectivity index (χ0n) is 26.1. The van der Waals surface area contributed by atoms with Crippen molar-refractivity contribution in [2.24, 2.45) is 5.92 Å².